The standard InChI is InChI=1S/C40H41FN2O5/c1-28(42-47)34-22-24-43(25-23-34)39(44)37-27-35(40(45)46)18-21-38(37)48-26-2-3-29-4-6-30(7-5-29)8-9-31-10-12-32(13-11-31)14-15-33-16-19-36(41)20-17-33/h4-7,10-13,16-21,27,34H,1-3,8-9,14-15,22-26H2,(H,45,46). The first kappa shape index (κ1) is 34.2. The smallest absolute Gasteiger partial charge is 0.335 e. The number of aryl methyl sites for hydroxylation is 5. The number of carbonyl (C=O) groups excluding carboxylic acids is 1. The summed E-state index contributed by atoms with van der Waals surface area (Å²) in [5.41, 5.74) is 6.71. The highest BCUT2D eigenvalue weighted by Crippen LogP contribution is 2.28. The number of carbonyl (C=O) groups is 2. The molecular formula is C40H41FN2O5. The number of allylic oxidation sites excluding steroid dienone is 1. The van der Waals surface area contributed by atoms with Crippen LogP contribution in [0.4, 0.5) is 4.39 Å². The molecule has 1 amide bonds. The SMILES string of the molecule is C=C(N=O)C1CCN(C(=O)c2cc(C(=O)O)ccc2OCCCc2ccc(CCc3ccc(CCc4ccc(F)cc4)cc3)cc2)CC1. The maximum Gasteiger partial charge on any atom is 0.335 e. The Morgan fingerprint density at radius 2 is 1.25 bits per heavy atom. The van der Waals surface area contributed by atoms with Crippen LogP contribution >= 0.6 is 0 Å². The topological polar surface area (TPSA) is 96.3 Å². The molecule has 1 N–H and O–H groups in total. The van der Waals surface area contributed by atoms with E-state index in [1.165, 1.54) is 46.5 Å². The van der Waals surface area contributed by atoms with Crippen molar-refractivity contribution in [2.75, 3.05) is 19.7 Å². The van der Waals surface area contributed by atoms with E-state index < -0.39 is 5.97 Å². The molecule has 0 saturated carbocycles. The Morgan fingerprint density at radius 3 is 1.73 bits per heavy atom. The van der Waals surface area contributed by atoms with Gasteiger partial charge >= 0.3 is 5.97 Å². The molecule has 0 radical (unpaired) electrons. The summed E-state index contributed by atoms with van der Waals surface area (Å²) in [6.07, 6.45) is 6.41. The van der Waals surface area contributed by atoms with Crippen LogP contribution in [0, 0.1) is 16.6 Å². The monoisotopic (exact) mass is 648 g/mol. The van der Waals surface area contributed by atoms with E-state index in [2.05, 4.69) is 60.3 Å². The van der Waals surface area contributed by atoms with Crippen LogP contribution in [0.25, 0.3) is 0 Å². The number of nitroso groups, excluding NO2 is 1. The van der Waals surface area contributed by atoms with Crippen LogP contribution in [0.3, 0.4) is 0 Å². The molecule has 8 heteroatoms. The van der Waals surface area contributed by atoms with E-state index in [0.717, 1.165) is 44.1 Å². The molecule has 0 aromatic heterocycles. The Hall–Kier alpha value is -5.11. The van der Waals surface area contributed by atoms with Crippen LogP contribution < -0.4 is 4.74 Å². The fourth-order valence-electron chi connectivity index (χ4n) is 6.05. The molecule has 0 bridgehead atoms. The number of rotatable bonds is 15. The average Bonchev–Trinajstić information content (AvgIpc) is 3.12. The van der Waals surface area contributed by atoms with Crippen molar-refractivity contribution < 1.29 is 23.8 Å². The Bertz CT molecular complexity index is 1710. The molecule has 5 rings (SSSR count). The minimum Gasteiger partial charge on any atom is -0.493 e. The highest BCUT2D eigenvalue weighted by atomic mass is 19.1. The van der Waals surface area contributed by atoms with Gasteiger partial charge in [-0.2, -0.15) is 0 Å². The Labute approximate surface area is 281 Å². The van der Waals surface area contributed by atoms with Crippen molar-refractivity contribution >= 4 is 11.9 Å². The van der Waals surface area contributed by atoms with Gasteiger partial charge in [-0.25, -0.2) is 9.18 Å². The number of nitrogens with zero attached hydrogens (tertiary/aromatic N) is 2. The summed E-state index contributed by atoms with van der Waals surface area (Å²) in [4.78, 5) is 37.5. The highest BCUT2D eigenvalue weighted by Gasteiger charge is 2.28. The van der Waals surface area contributed by atoms with Crippen molar-refractivity contribution in [2.24, 2.45) is 11.1 Å². The molecule has 7 nitrogen and oxygen atoms in total. The molecule has 1 saturated heterocycles. The van der Waals surface area contributed by atoms with Crippen LogP contribution in [0.5, 0.6) is 5.75 Å². The molecular weight excluding hydrogens is 607 g/mol. The summed E-state index contributed by atoms with van der Waals surface area (Å²) >= 11 is 0. The Balaban J connectivity index is 1.07. The van der Waals surface area contributed by atoms with Gasteiger partial charge in [-0.3, -0.25) is 4.79 Å². The number of aromatic carboxylic acids is 1. The van der Waals surface area contributed by atoms with Crippen LogP contribution in [0.1, 0.15) is 67.8 Å². The van der Waals surface area contributed by atoms with Gasteiger partial charge in [-0.05, 0) is 115 Å². The third-order valence-electron chi connectivity index (χ3n) is 9.06. The predicted octanol–water partition coefficient (Wildman–Crippen LogP) is 8.24. The summed E-state index contributed by atoms with van der Waals surface area (Å²) in [7, 11) is 0. The Morgan fingerprint density at radius 1 is 0.771 bits per heavy atom. The van der Waals surface area contributed by atoms with E-state index >= 15 is 0 Å². The maximum absolute atomic E-state index is 13.4. The van der Waals surface area contributed by atoms with Crippen molar-refractivity contribution in [3.8, 4) is 5.75 Å². The van der Waals surface area contributed by atoms with Gasteiger partial charge in [-0.15, -0.1) is 4.91 Å². The lowest BCUT2D eigenvalue weighted by molar-refractivity contribution is 0.0696. The van der Waals surface area contributed by atoms with Crippen LogP contribution in [-0.4, -0.2) is 41.6 Å². The van der Waals surface area contributed by atoms with Gasteiger partial charge in [0.2, 0.25) is 0 Å². The zero-order chi connectivity index (χ0) is 33.9. The number of amides is 1. The van der Waals surface area contributed by atoms with Crippen molar-refractivity contribution in [1.29, 1.82) is 0 Å². The number of ether oxygens (including phenoxy) is 1. The Kier molecular flexibility index (Phi) is 11.9. The van der Waals surface area contributed by atoms with Crippen molar-refractivity contribution in [3.05, 3.63) is 153 Å². The van der Waals surface area contributed by atoms with E-state index in [4.69, 9.17) is 4.74 Å². The van der Waals surface area contributed by atoms with Gasteiger partial charge in [-0.1, -0.05) is 67.2 Å². The minimum absolute atomic E-state index is 0.0229. The second kappa shape index (κ2) is 16.6. The molecule has 1 aliphatic rings. The molecule has 1 heterocycles. The first-order chi connectivity index (χ1) is 23.3. The molecule has 1 fully saturated rings. The van der Waals surface area contributed by atoms with Gasteiger partial charge in [0.05, 0.1) is 23.4 Å². The molecule has 4 aromatic rings. The summed E-state index contributed by atoms with van der Waals surface area (Å²) in [5, 5.41) is 12.5. The number of likely N-dealkylation sites (tertiary alicyclic amines) is 1. The quantitative estimate of drug-likeness (QED) is 0.103. The molecule has 0 unspecified atom stereocenters. The van der Waals surface area contributed by atoms with Crippen LogP contribution in [0.15, 0.2) is 108 Å². The summed E-state index contributed by atoms with van der Waals surface area (Å²) in [6.45, 7) is 4.93. The molecule has 1 aliphatic heterocycles. The molecule has 248 valence electrons. The lowest BCUT2D eigenvalue weighted by atomic mass is 9.94. The van der Waals surface area contributed by atoms with E-state index in [9.17, 15) is 24.0 Å². The third-order valence-corrected chi connectivity index (χ3v) is 9.06. The van der Waals surface area contributed by atoms with Crippen LogP contribution in [0.2, 0.25) is 0 Å². The predicted molar refractivity (Wildman–Crippen MR) is 185 cm³/mol. The van der Waals surface area contributed by atoms with E-state index in [1.54, 1.807) is 11.0 Å². The summed E-state index contributed by atoms with van der Waals surface area (Å²) < 4.78 is 19.1. The maximum atomic E-state index is 13.4. The van der Waals surface area contributed by atoms with Crippen molar-refractivity contribution in [1.82, 2.24) is 4.90 Å². The normalized spacial score (nSPS) is 13.2. The lowest BCUT2D eigenvalue weighted by Gasteiger charge is -2.31. The van der Waals surface area contributed by atoms with Gasteiger partial charge in [0.1, 0.15) is 11.6 Å². The second-order valence-electron chi connectivity index (χ2n) is 12.4. The first-order valence-corrected chi connectivity index (χ1v) is 16.5. The molecule has 0 spiro atoms. The van der Waals surface area contributed by atoms with Gasteiger partial charge in [0.15, 0.2) is 0 Å². The molecule has 0 aliphatic carbocycles. The number of carboxylic acid groups (broad SMARTS) is 1. The fraction of sp³-hybridized carbons (Fsp3) is 0.300. The summed E-state index contributed by atoms with van der Waals surface area (Å²) in [6, 6.07) is 28.4. The van der Waals surface area contributed by atoms with Gasteiger partial charge in [0, 0.05) is 19.0 Å². The molecule has 48 heavy (non-hydrogen) atoms. The first-order valence-electron chi connectivity index (χ1n) is 16.5. The van der Waals surface area contributed by atoms with Crippen molar-refractivity contribution in [3.63, 3.8) is 0 Å². The number of halogens is 1. The molecule has 0 atom stereocenters. The zero-order valence-electron chi connectivity index (χ0n) is 27.1. The second-order valence-corrected chi connectivity index (χ2v) is 12.4. The number of hydrogen-bond acceptors (Lipinski definition) is 5. The zero-order valence-corrected chi connectivity index (χ0v) is 27.1. The summed E-state index contributed by atoms with van der Waals surface area (Å²) in [5.74, 6) is -1.29. The van der Waals surface area contributed by atoms with Gasteiger partial charge < -0.3 is 14.7 Å². The number of carboxylic acids is 1. The lowest BCUT2D eigenvalue weighted by Crippen LogP contribution is -2.39. The van der Waals surface area contributed by atoms with E-state index in [0.29, 0.717) is 44.0 Å². The third kappa shape index (κ3) is 9.47. The largest absolute Gasteiger partial charge is 0.493 e. The fourth-order valence-corrected chi connectivity index (χ4v) is 6.05. The van der Waals surface area contributed by atoms with E-state index in [1.807, 2.05) is 12.1 Å². The number of benzene rings is 4. The number of hydrogen-bond donors (Lipinski definition) is 1. The number of piperidine rings is 1. The molecule has 4 aromatic carbocycles. The van der Waals surface area contributed by atoms with Crippen LogP contribution in [-0.2, 0) is 32.1 Å². The minimum atomic E-state index is -1.11. The van der Waals surface area contributed by atoms with Gasteiger partial charge in [0.25, 0.3) is 5.91 Å². The highest BCUT2D eigenvalue weighted by molar-refractivity contribution is 6.00. The van der Waals surface area contributed by atoms with Crippen molar-refractivity contribution in [2.45, 2.75) is 51.4 Å². The average molecular weight is 649 g/mol. The van der Waals surface area contributed by atoms with E-state index in [-0.39, 0.29) is 28.8 Å².